The van der Waals surface area contributed by atoms with Gasteiger partial charge in [0.15, 0.2) is 0 Å². The van der Waals surface area contributed by atoms with Gasteiger partial charge in [-0.1, -0.05) is 24.3 Å². The van der Waals surface area contributed by atoms with Crippen molar-refractivity contribution in [2.45, 2.75) is 26.9 Å². The zero-order chi connectivity index (χ0) is 11.5. The first-order chi connectivity index (χ1) is 7.70. The molecule has 0 unspecified atom stereocenters. The Morgan fingerprint density at radius 2 is 2.00 bits per heavy atom. The molecule has 0 fully saturated rings. The number of imidazole rings is 1. The van der Waals surface area contributed by atoms with Crippen LogP contribution in [-0.2, 0) is 13.1 Å². The summed E-state index contributed by atoms with van der Waals surface area (Å²) in [6.45, 7) is 5.58. The minimum absolute atomic E-state index is 0.593. The summed E-state index contributed by atoms with van der Waals surface area (Å²) in [5, 5.41) is 0. The van der Waals surface area contributed by atoms with Gasteiger partial charge in [0, 0.05) is 18.8 Å². The second-order valence-corrected chi connectivity index (χ2v) is 4.07. The van der Waals surface area contributed by atoms with Gasteiger partial charge in [-0.3, -0.25) is 0 Å². The Morgan fingerprint density at radius 1 is 1.25 bits per heavy atom. The van der Waals surface area contributed by atoms with Gasteiger partial charge < -0.3 is 10.3 Å². The molecule has 0 saturated heterocycles. The average molecular weight is 215 g/mol. The van der Waals surface area contributed by atoms with Gasteiger partial charge in [-0.25, -0.2) is 4.98 Å². The number of nitrogens with two attached hydrogens (primary N) is 1. The number of rotatable bonds is 3. The smallest absolute Gasteiger partial charge is 0.0954 e. The molecular formula is C13H17N3. The molecule has 0 atom stereocenters. The van der Waals surface area contributed by atoms with Crippen molar-refractivity contribution in [3.8, 4) is 0 Å². The molecule has 0 amide bonds. The Labute approximate surface area is 95.9 Å². The van der Waals surface area contributed by atoms with Crippen LogP contribution in [0.15, 0.2) is 30.6 Å². The van der Waals surface area contributed by atoms with E-state index in [1.54, 1.807) is 0 Å². The van der Waals surface area contributed by atoms with Crippen LogP contribution in [0.2, 0.25) is 0 Å². The number of hydrogen-bond donors (Lipinski definition) is 1. The van der Waals surface area contributed by atoms with Crippen LogP contribution in [-0.4, -0.2) is 9.55 Å². The molecule has 2 aromatic rings. The number of nitrogens with zero attached hydrogens (tertiary/aromatic N) is 2. The van der Waals surface area contributed by atoms with Crippen LogP contribution in [0.25, 0.3) is 0 Å². The highest BCUT2D eigenvalue weighted by atomic mass is 15.0. The predicted molar refractivity (Wildman–Crippen MR) is 65.1 cm³/mol. The van der Waals surface area contributed by atoms with Gasteiger partial charge in [-0.15, -0.1) is 0 Å². The van der Waals surface area contributed by atoms with E-state index >= 15 is 0 Å². The highest BCUT2D eigenvalue weighted by Crippen LogP contribution is 2.10. The molecule has 0 aliphatic carbocycles. The van der Waals surface area contributed by atoms with E-state index in [4.69, 9.17) is 5.73 Å². The van der Waals surface area contributed by atoms with Crippen molar-refractivity contribution >= 4 is 0 Å². The molecule has 0 saturated carbocycles. The SMILES string of the molecule is Cc1ncn(Cc2cccc(CN)c2)c1C. The molecule has 0 spiro atoms. The Kier molecular flexibility index (Phi) is 3.06. The molecule has 84 valence electrons. The Bertz CT molecular complexity index is 486. The zero-order valence-corrected chi connectivity index (χ0v) is 9.77. The summed E-state index contributed by atoms with van der Waals surface area (Å²) in [4.78, 5) is 4.29. The highest BCUT2D eigenvalue weighted by Gasteiger charge is 2.02. The van der Waals surface area contributed by atoms with Crippen molar-refractivity contribution in [3.63, 3.8) is 0 Å². The van der Waals surface area contributed by atoms with E-state index in [-0.39, 0.29) is 0 Å². The molecule has 3 nitrogen and oxygen atoms in total. The number of aromatic nitrogens is 2. The quantitative estimate of drug-likeness (QED) is 0.851. The Morgan fingerprint density at radius 3 is 2.62 bits per heavy atom. The summed E-state index contributed by atoms with van der Waals surface area (Å²) in [5.41, 5.74) is 10.4. The van der Waals surface area contributed by atoms with Gasteiger partial charge in [0.2, 0.25) is 0 Å². The molecule has 1 heterocycles. The molecule has 1 aromatic carbocycles. The third-order valence-corrected chi connectivity index (χ3v) is 2.93. The van der Waals surface area contributed by atoms with Crippen LogP contribution in [0.4, 0.5) is 0 Å². The fourth-order valence-electron chi connectivity index (χ4n) is 1.76. The highest BCUT2D eigenvalue weighted by molar-refractivity contribution is 5.24. The minimum Gasteiger partial charge on any atom is -0.330 e. The lowest BCUT2D eigenvalue weighted by atomic mass is 10.1. The lowest BCUT2D eigenvalue weighted by Crippen LogP contribution is -2.02. The molecule has 0 bridgehead atoms. The van der Waals surface area contributed by atoms with Crippen LogP contribution < -0.4 is 5.73 Å². The van der Waals surface area contributed by atoms with Crippen molar-refractivity contribution in [1.82, 2.24) is 9.55 Å². The van der Waals surface area contributed by atoms with Gasteiger partial charge in [0.05, 0.1) is 12.0 Å². The van der Waals surface area contributed by atoms with Crippen LogP contribution in [0.3, 0.4) is 0 Å². The molecule has 0 radical (unpaired) electrons. The van der Waals surface area contributed by atoms with E-state index in [0.29, 0.717) is 6.54 Å². The third-order valence-electron chi connectivity index (χ3n) is 2.93. The molecular weight excluding hydrogens is 198 g/mol. The van der Waals surface area contributed by atoms with Gasteiger partial charge >= 0.3 is 0 Å². The topological polar surface area (TPSA) is 43.8 Å². The van der Waals surface area contributed by atoms with Gasteiger partial charge in [0.25, 0.3) is 0 Å². The molecule has 16 heavy (non-hydrogen) atoms. The Balaban J connectivity index is 2.23. The largest absolute Gasteiger partial charge is 0.330 e. The van der Waals surface area contributed by atoms with E-state index < -0.39 is 0 Å². The molecule has 0 aliphatic heterocycles. The first-order valence-corrected chi connectivity index (χ1v) is 5.47. The van der Waals surface area contributed by atoms with E-state index in [0.717, 1.165) is 12.2 Å². The number of aryl methyl sites for hydroxylation is 1. The first kappa shape index (κ1) is 10.9. The lowest BCUT2D eigenvalue weighted by Gasteiger charge is -2.07. The normalized spacial score (nSPS) is 10.7. The second-order valence-electron chi connectivity index (χ2n) is 4.07. The molecule has 0 aliphatic rings. The van der Waals surface area contributed by atoms with Gasteiger partial charge in [-0.05, 0) is 25.0 Å². The van der Waals surface area contributed by atoms with E-state index in [1.807, 2.05) is 13.3 Å². The van der Waals surface area contributed by atoms with Crippen LogP contribution in [0.5, 0.6) is 0 Å². The number of benzene rings is 1. The minimum atomic E-state index is 0.593. The first-order valence-electron chi connectivity index (χ1n) is 5.47. The molecule has 1 aromatic heterocycles. The standard InChI is InChI=1S/C13H17N3/c1-10-11(2)16(9-15-10)8-13-5-3-4-12(6-13)7-14/h3-6,9H,7-8,14H2,1-2H3. The fraction of sp³-hybridized carbons (Fsp3) is 0.308. The molecule has 2 N–H and O–H groups in total. The van der Waals surface area contributed by atoms with Crippen molar-refractivity contribution in [3.05, 3.63) is 53.1 Å². The summed E-state index contributed by atoms with van der Waals surface area (Å²) in [5.74, 6) is 0. The predicted octanol–water partition coefficient (Wildman–Crippen LogP) is 2.01. The second kappa shape index (κ2) is 4.49. The zero-order valence-electron chi connectivity index (χ0n) is 9.77. The molecule has 2 rings (SSSR count). The number of hydrogen-bond acceptors (Lipinski definition) is 2. The maximum atomic E-state index is 5.63. The van der Waals surface area contributed by atoms with E-state index in [1.165, 1.54) is 16.8 Å². The summed E-state index contributed by atoms with van der Waals surface area (Å²) < 4.78 is 2.16. The third kappa shape index (κ3) is 2.14. The van der Waals surface area contributed by atoms with Gasteiger partial charge in [-0.2, -0.15) is 0 Å². The van der Waals surface area contributed by atoms with Crippen molar-refractivity contribution in [2.24, 2.45) is 5.73 Å². The maximum Gasteiger partial charge on any atom is 0.0954 e. The van der Waals surface area contributed by atoms with Crippen LogP contribution >= 0.6 is 0 Å². The van der Waals surface area contributed by atoms with E-state index in [9.17, 15) is 0 Å². The van der Waals surface area contributed by atoms with Crippen LogP contribution in [0, 0.1) is 13.8 Å². The average Bonchev–Trinajstić information content (AvgIpc) is 2.61. The summed E-state index contributed by atoms with van der Waals surface area (Å²) in [6.07, 6.45) is 1.89. The van der Waals surface area contributed by atoms with Crippen molar-refractivity contribution in [1.29, 1.82) is 0 Å². The fourth-order valence-corrected chi connectivity index (χ4v) is 1.76. The van der Waals surface area contributed by atoms with Gasteiger partial charge in [0.1, 0.15) is 0 Å². The lowest BCUT2D eigenvalue weighted by molar-refractivity contribution is 0.767. The summed E-state index contributed by atoms with van der Waals surface area (Å²) in [7, 11) is 0. The Hall–Kier alpha value is -1.61. The van der Waals surface area contributed by atoms with Crippen molar-refractivity contribution < 1.29 is 0 Å². The molecule has 3 heteroatoms. The maximum absolute atomic E-state index is 5.63. The van der Waals surface area contributed by atoms with Crippen LogP contribution in [0.1, 0.15) is 22.5 Å². The van der Waals surface area contributed by atoms with Crippen molar-refractivity contribution in [2.75, 3.05) is 0 Å². The summed E-state index contributed by atoms with van der Waals surface area (Å²) in [6, 6.07) is 8.37. The van der Waals surface area contributed by atoms with E-state index in [2.05, 4.69) is 40.7 Å². The monoisotopic (exact) mass is 215 g/mol. The summed E-state index contributed by atoms with van der Waals surface area (Å²) >= 11 is 0.